The van der Waals surface area contributed by atoms with E-state index in [2.05, 4.69) is 25.2 Å². The normalized spacial score (nSPS) is 10.3. The fourth-order valence-corrected chi connectivity index (χ4v) is 2.20. The molecule has 1 N–H and O–H groups in total. The zero-order chi connectivity index (χ0) is 14.5. The molecule has 0 bridgehead atoms. The minimum atomic E-state index is 0.00757. The first-order chi connectivity index (χ1) is 9.56. The molecule has 0 heterocycles. The highest BCUT2D eigenvalue weighted by Gasteiger charge is 2.05. The van der Waals surface area contributed by atoms with Gasteiger partial charge in [0.2, 0.25) is 5.91 Å². The van der Waals surface area contributed by atoms with Crippen molar-refractivity contribution in [1.29, 1.82) is 0 Å². The Morgan fingerprint density at radius 1 is 1.10 bits per heavy atom. The van der Waals surface area contributed by atoms with E-state index in [4.69, 9.17) is 11.6 Å². The van der Waals surface area contributed by atoms with Crippen LogP contribution in [0.2, 0.25) is 5.02 Å². The Balaban J connectivity index is 1.93. The standard InChI is InChI=1S/C17H18ClNO/c1-12-7-8-14(9-13(12)2)10-17(20)19-11-15-5-3-4-6-16(15)18/h3-9H,10-11H2,1-2H3,(H,19,20). The second-order valence-electron chi connectivity index (χ2n) is 4.96. The lowest BCUT2D eigenvalue weighted by molar-refractivity contribution is -0.120. The molecule has 0 aliphatic heterocycles. The topological polar surface area (TPSA) is 29.1 Å². The molecule has 0 fully saturated rings. The zero-order valence-corrected chi connectivity index (χ0v) is 12.5. The third-order valence-electron chi connectivity index (χ3n) is 3.37. The first kappa shape index (κ1) is 14.6. The first-order valence-corrected chi connectivity index (χ1v) is 7.00. The fraction of sp³-hybridized carbons (Fsp3) is 0.235. The summed E-state index contributed by atoms with van der Waals surface area (Å²) in [4.78, 5) is 11.9. The van der Waals surface area contributed by atoms with Crippen molar-refractivity contribution in [1.82, 2.24) is 5.32 Å². The number of amides is 1. The van der Waals surface area contributed by atoms with Crippen LogP contribution in [0.25, 0.3) is 0 Å². The van der Waals surface area contributed by atoms with Crippen LogP contribution < -0.4 is 5.32 Å². The number of hydrogen-bond acceptors (Lipinski definition) is 1. The third kappa shape index (κ3) is 3.84. The van der Waals surface area contributed by atoms with E-state index in [-0.39, 0.29) is 5.91 Å². The van der Waals surface area contributed by atoms with Crippen LogP contribution in [0.3, 0.4) is 0 Å². The van der Waals surface area contributed by atoms with Crippen LogP contribution in [0, 0.1) is 13.8 Å². The minimum absolute atomic E-state index is 0.00757. The quantitative estimate of drug-likeness (QED) is 0.910. The Bertz CT molecular complexity index is 622. The summed E-state index contributed by atoms with van der Waals surface area (Å²) in [6.45, 7) is 4.58. The molecule has 104 valence electrons. The maximum absolute atomic E-state index is 11.9. The molecule has 0 unspecified atom stereocenters. The van der Waals surface area contributed by atoms with Gasteiger partial charge in [0.1, 0.15) is 0 Å². The maximum Gasteiger partial charge on any atom is 0.224 e. The van der Waals surface area contributed by atoms with Crippen LogP contribution in [0.5, 0.6) is 0 Å². The highest BCUT2D eigenvalue weighted by Crippen LogP contribution is 2.14. The highest BCUT2D eigenvalue weighted by atomic mass is 35.5. The zero-order valence-electron chi connectivity index (χ0n) is 11.7. The Labute approximate surface area is 124 Å². The van der Waals surface area contributed by atoms with E-state index in [0.29, 0.717) is 18.0 Å². The third-order valence-corrected chi connectivity index (χ3v) is 3.74. The summed E-state index contributed by atoms with van der Waals surface area (Å²) in [5, 5.41) is 3.58. The molecule has 2 nitrogen and oxygen atoms in total. The van der Waals surface area contributed by atoms with E-state index in [1.54, 1.807) is 0 Å². The molecule has 0 aliphatic carbocycles. The second-order valence-corrected chi connectivity index (χ2v) is 5.37. The van der Waals surface area contributed by atoms with Crippen LogP contribution in [-0.2, 0) is 17.8 Å². The summed E-state index contributed by atoms with van der Waals surface area (Å²) < 4.78 is 0. The van der Waals surface area contributed by atoms with Gasteiger partial charge < -0.3 is 5.32 Å². The lowest BCUT2D eigenvalue weighted by atomic mass is 10.0. The van der Waals surface area contributed by atoms with Crippen molar-refractivity contribution in [3.8, 4) is 0 Å². The van der Waals surface area contributed by atoms with Gasteiger partial charge in [0.05, 0.1) is 6.42 Å². The summed E-state index contributed by atoms with van der Waals surface area (Å²) >= 11 is 6.05. The molecule has 0 atom stereocenters. The predicted molar refractivity (Wildman–Crippen MR) is 82.9 cm³/mol. The molecule has 0 spiro atoms. The lowest BCUT2D eigenvalue weighted by Gasteiger charge is -2.08. The lowest BCUT2D eigenvalue weighted by Crippen LogP contribution is -2.24. The Hall–Kier alpha value is -1.80. The van der Waals surface area contributed by atoms with Gasteiger partial charge in [-0.2, -0.15) is 0 Å². The van der Waals surface area contributed by atoms with Gasteiger partial charge in [-0.25, -0.2) is 0 Å². The van der Waals surface area contributed by atoms with Crippen LogP contribution >= 0.6 is 11.6 Å². The van der Waals surface area contributed by atoms with Crippen molar-refractivity contribution in [2.45, 2.75) is 26.8 Å². The Kier molecular flexibility index (Phi) is 4.80. The molecule has 20 heavy (non-hydrogen) atoms. The average molecular weight is 288 g/mol. The average Bonchev–Trinajstić information content (AvgIpc) is 2.42. The predicted octanol–water partition coefficient (Wildman–Crippen LogP) is 3.82. The molecule has 0 saturated heterocycles. The number of hydrogen-bond donors (Lipinski definition) is 1. The van der Waals surface area contributed by atoms with E-state index >= 15 is 0 Å². The molecule has 0 aromatic heterocycles. The fourth-order valence-electron chi connectivity index (χ4n) is 2.00. The smallest absolute Gasteiger partial charge is 0.224 e. The number of carbonyl (C=O) groups excluding carboxylic acids is 1. The van der Waals surface area contributed by atoms with Crippen molar-refractivity contribution in [2.24, 2.45) is 0 Å². The summed E-state index contributed by atoms with van der Waals surface area (Å²) in [6, 6.07) is 13.6. The van der Waals surface area contributed by atoms with Crippen molar-refractivity contribution >= 4 is 17.5 Å². The van der Waals surface area contributed by atoms with E-state index in [9.17, 15) is 4.79 Å². The van der Waals surface area contributed by atoms with Crippen LogP contribution in [-0.4, -0.2) is 5.91 Å². The second kappa shape index (κ2) is 6.58. The number of benzene rings is 2. The molecule has 0 saturated carbocycles. The van der Waals surface area contributed by atoms with E-state index in [1.807, 2.05) is 36.4 Å². The molecular formula is C17H18ClNO. The summed E-state index contributed by atoms with van der Waals surface area (Å²) in [5.74, 6) is 0.00757. The Morgan fingerprint density at radius 2 is 1.85 bits per heavy atom. The molecule has 2 rings (SSSR count). The molecule has 2 aromatic rings. The van der Waals surface area contributed by atoms with Gasteiger partial charge in [-0.05, 0) is 42.2 Å². The van der Waals surface area contributed by atoms with Gasteiger partial charge in [0.15, 0.2) is 0 Å². The van der Waals surface area contributed by atoms with Crippen LogP contribution in [0.4, 0.5) is 0 Å². The molecule has 3 heteroatoms. The number of nitrogens with one attached hydrogen (secondary N) is 1. The van der Waals surface area contributed by atoms with Crippen LogP contribution in [0.15, 0.2) is 42.5 Å². The number of rotatable bonds is 4. The van der Waals surface area contributed by atoms with E-state index < -0.39 is 0 Å². The molecular weight excluding hydrogens is 270 g/mol. The summed E-state index contributed by atoms with van der Waals surface area (Å²) in [7, 11) is 0. The first-order valence-electron chi connectivity index (χ1n) is 6.62. The molecule has 2 aromatic carbocycles. The highest BCUT2D eigenvalue weighted by molar-refractivity contribution is 6.31. The van der Waals surface area contributed by atoms with E-state index in [1.165, 1.54) is 11.1 Å². The number of halogens is 1. The molecule has 0 radical (unpaired) electrons. The van der Waals surface area contributed by atoms with Gasteiger partial charge in [-0.15, -0.1) is 0 Å². The van der Waals surface area contributed by atoms with Crippen molar-refractivity contribution < 1.29 is 4.79 Å². The van der Waals surface area contributed by atoms with Gasteiger partial charge in [-0.3, -0.25) is 4.79 Å². The maximum atomic E-state index is 11.9. The van der Waals surface area contributed by atoms with Gasteiger partial charge in [0, 0.05) is 11.6 Å². The van der Waals surface area contributed by atoms with Gasteiger partial charge in [-0.1, -0.05) is 48.0 Å². The minimum Gasteiger partial charge on any atom is -0.352 e. The number of carbonyl (C=O) groups is 1. The van der Waals surface area contributed by atoms with Crippen molar-refractivity contribution in [2.75, 3.05) is 0 Å². The van der Waals surface area contributed by atoms with Gasteiger partial charge in [0.25, 0.3) is 0 Å². The van der Waals surface area contributed by atoms with E-state index in [0.717, 1.165) is 11.1 Å². The summed E-state index contributed by atoms with van der Waals surface area (Å²) in [5.41, 5.74) is 4.42. The largest absolute Gasteiger partial charge is 0.352 e. The van der Waals surface area contributed by atoms with Gasteiger partial charge >= 0.3 is 0 Å². The molecule has 0 aliphatic rings. The van der Waals surface area contributed by atoms with Crippen LogP contribution in [0.1, 0.15) is 22.3 Å². The van der Waals surface area contributed by atoms with Crippen molar-refractivity contribution in [3.63, 3.8) is 0 Å². The van der Waals surface area contributed by atoms with Crippen molar-refractivity contribution in [3.05, 3.63) is 69.7 Å². The SMILES string of the molecule is Cc1ccc(CC(=O)NCc2ccccc2Cl)cc1C. The summed E-state index contributed by atoms with van der Waals surface area (Å²) in [6.07, 6.45) is 0.394. The Morgan fingerprint density at radius 3 is 2.55 bits per heavy atom. The monoisotopic (exact) mass is 287 g/mol. The number of aryl methyl sites for hydroxylation is 2. The molecule has 1 amide bonds.